The zero-order valence-corrected chi connectivity index (χ0v) is 25.4. The van der Waals surface area contributed by atoms with Crippen LogP contribution in [0.4, 0.5) is 0 Å². The maximum atomic E-state index is 2.53. The molecule has 0 spiro atoms. The third-order valence-electron chi connectivity index (χ3n) is 10.2. The van der Waals surface area contributed by atoms with Crippen molar-refractivity contribution in [3.05, 3.63) is 145 Å². The van der Waals surface area contributed by atoms with Gasteiger partial charge in [-0.2, -0.15) is 0 Å². The topological polar surface area (TPSA) is 0 Å². The standard InChI is InChI=1S/C43H28S/c1-43(2)38-23-36-28-15-6-4-13-26(28)25-12-3-5-14-27(25)34(36)22-37(38)41-31-18-8-7-16-29(31)35(24-39(41)43)33-20-11-19-32-30-17-9-10-21-40(30)44-42(32)33/h3-24H,1-2H3. The van der Waals surface area contributed by atoms with Crippen LogP contribution in [0.15, 0.2) is 133 Å². The summed E-state index contributed by atoms with van der Waals surface area (Å²) in [6, 6.07) is 50.1. The van der Waals surface area contributed by atoms with Crippen LogP contribution >= 0.6 is 11.3 Å². The lowest BCUT2D eigenvalue weighted by Gasteiger charge is -2.23. The Morgan fingerprint density at radius 2 is 0.932 bits per heavy atom. The second-order valence-electron chi connectivity index (χ2n) is 12.8. The zero-order chi connectivity index (χ0) is 29.2. The van der Waals surface area contributed by atoms with E-state index in [9.17, 15) is 0 Å². The monoisotopic (exact) mass is 576 g/mol. The van der Waals surface area contributed by atoms with Gasteiger partial charge < -0.3 is 0 Å². The van der Waals surface area contributed by atoms with Crippen molar-refractivity contribution in [3.8, 4) is 22.3 Å². The number of rotatable bonds is 1. The maximum absolute atomic E-state index is 2.53. The summed E-state index contributed by atoms with van der Waals surface area (Å²) in [5.74, 6) is 0. The highest BCUT2D eigenvalue weighted by Gasteiger charge is 2.38. The first-order chi connectivity index (χ1) is 21.6. The Morgan fingerprint density at radius 3 is 1.64 bits per heavy atom. The van der Waals surface area contributed by atoms with E-state index >= 15 is 0 Å². The molecule has 1 aliphatic carbocycles. The van der Waals surface area contributed by atoms with Crippen LogP contribution in [0.3, 0.4) is 0 Å². The fourth-order valence-corrected chi connectivity index (χ4v) is 9.39. The lowest BCUT2D eigenvalue weighted by Crippen LogP contribution is -2.15. The average Bonchev–Trinajstić information content (AvgIpc) is 3.56. The molecule has 8 aromatic carbocycles. The van der Waals surface area contributed by atoms with Crippen LogP contribution in [0.25, 0.3) is 85.5 Å². The number of hydrogen-bond donors (Lipinski definition) is 0. The average molecular weight is 577 g/mol. The van der Waals surface area contributed by atoms with Crippen LogP contribution in [-0.2, 0) is 5.41 Å². The summed E-state index contributed by atoms with van der Waals surface area (Å²) < 4.78 is 2.72. The van der Waals surface area contributed by atoms with E-state index in [4.69, 9.17) is 0 Å². The summed E-state index contributed by atoms with van der Waals surface area (Å²) in [4.78, 5) is 0. The van der Waals surface area contributed by atoms with E-state index in [1.54, 1.807) is 0 Å². The second kappa shape index (κ2) is 8.56. The van der Waals surface area contributed by atoms with Gasteiger partial charge in [-0.3, -0.25) is 0 Å². The van der Waals surface area contributed by atoms with Crippen LogP contribution in [0.1, 0.15) is 25.0 Å². The van der Waals surface area contributed by atoms with Crippen molar-refractivity contribution in [2.24, 2.45) is 0 Å². The summed E-state index contributed by atoms with van der Waals surface area (Å²) in [5.41, 5.74) is 8.13. The molecule has 44 heavy (non-hydrogen) atoms. The van der Waals surface area contributed by atoms with Crippen molar-refractivity contribution in [2.75, 3.05) is 0 Å². The molecule has 0 atom stereocenters. The van der Waals surface area contributed by atoms with E-state index in [2.05, 4.69) is 147 Å². The summed E-state index contributed by atoms with van der Waals surface area (Å²) in [5, 5.41) is 13.4. The van der Waals surface area contributed by atoms with Crippen LogP contribution < -0.4 is 0 Å². The molecule has 0 saturated heterocycles. The molecule has 0 saturated carbocycles. The second-order valence-corrected chi connectivity index (χ2v) is 13.9. The first kappa shape index (κ1) is 24.5. The van der Waals surface area contributed by atoms with Gasteiger partial charge in [-0.05, 0) is 95.2 Å². The highest BCUT2D eigenvalue weighted by atomic mass is 32.1. The van der Waals surface area contributed by atoms with Gasteiger partial charge in [-0.1, -0.05) is 123 Å². The molecule has 1 aliphatic rings. The van der Waals surface area contributed by atoms with Crippen molar-refractivity contribution in [3.63, 3.8) is 0 Å². The largest absolute Gasteiger partial charge is 0.135 e. The highest BCUT2D eigenvalue weighted by molar-refractivity contribution is 7.26. The Hall–Kier alpha value is -4.98. The molecule has 0 fully saturated rings. The smallest absolute Gasteiger partial charge is 0.0434 e. The van der Waals surface area contributed by atoms with Crippen LogP contribution in [0.2, 0.25) is 0 Å². The third-order valence-corrected chi connectivity index (χ3v) is 11.5. The van der Waals surface area contributed by atoms with Crippen molar-refractivity contribution in [2.45, 2.75) is 19.3 Å². The molecule has 1 heteroatoms. The Bertz CT molecular complexity index is 2680. The third kappa shape index (κ3) is 3.07. The van der Waals surface area contributed by atoms with E-state index in [1.807, 2.05) is 11.3 Å². The molecule has 1 heterocycles. The molecular formula is C43H28S. The lowest BCUT2D eigenvalue weighted by molar-refractivity contribution is 0.662. The van der Waals surface area contributed by atoms with Gasteiger partial charge in [0.1, 0.15) is 0 Å². The van der Waals surface area contributed by atoms with Crippen molar-refractivity contribution in [1.29, 1.82) is 0 Å². The molecule has 206 valence electrons. The van der Waals surface area contributed by atoms with Gasteiger partial charge in [0.15, 0.2) is 0 Å². The van der Waals surface area contributed by atoms with Crippen LogP contribution in [-0.4, -0.2) is 0 Å². The van der Waals surface area contributed by atoms with E-state index < -0.39 is 0 Å². The molecule has 0 aliphatic heterocycles. The van der Waals surface area contributed by atoms with E-state index in [0.717, 1.165) is 0 Å². The SMILES string of the molecule is CC1(C)c2cc3c4ccccc4c4ccccc4c3cc2-c2c1cc(-c1cccc3c1sc1ccccc13)c1ccccc21. The summed E-state index contributed by atoms with van der Waals surface area (Å²) in [6.07, 6.45) is 0. The molecule has 0 bridgehead atoms. The first-order valence-corrected chi connectivity index (χ1v) is 16.3. The molecule has 0 unspecified atom stereocenters. The molecule has 1 aromatic heterocycles. The first-order valence-electron chi connectivity index (χ1n) is 15.4. The van der Waals surface area contributed by atoms with Gasteiger partial charge in [0, 0.05) is 31.2 Å². The Labute approximate surface area is 259 Å². The minimum Gasteiger partial charge on any atom is -0.135 e. The van der Waals surface area contributed by atoms with Crippen LogP contribution in [0, 0.1) is 0 Å². The fraction of sp³-hybridized carbons (Fsp3) is 0.0698. The Morgan fingerprint density at radius 1 is 0.386 bits per heavy atom. The summed E-state index contributed by atoms with van der Waals surface area (Å²) >= 11 is 1.92. The van der Waals surface area contributed by atoms with Gasteiger partial charge in [0.05, 0.1) is 0 Å². The molecule has 0 N–H and O–H groups in total. The molecule has 10 rings (SSSR count). The summed E-state index contributed by atoms with van der Waals surface area (Å²) in [7, 11) is 0. The number of fused-ring (bicyclic) bond motifs is 14. The van der Waals surface area contributed by atoms with E-state index in [0.29, 0.717) is 0 Å². The van der Waals surface area contributed by atoms with Gasteiger partial charge in [0.2, 0.25) is 0 Å². The predicted molar refractivity (Wildman–Crippen MR) is 192 cm³/mol. The van der Waals surface area contributed by atoms with Gasteiger partial charge in [-0.25, -0.2) is 0 Å². The Balaban J connectivity index is 1.33. The van der Waals surface area contributed by atoms with Crippen LogP contribution in [0.5, 0.6) is 0 Å². The molecule has 0 radical (unpaired) electrons. The number of hydrogen-bond acceptors (Lipinski definition) is 1. The Kier molecular flexibility index (Phi) is 4.76. The van der Waals surface area contributed by atoms with Crippen molar-refractivity contribution < 1.29 is 0 Å². The quantitative estimate of drug-likeness (QED) is 0.171. The number of thiophene rings is 1. The minimum absolute atomic E-state index is 0.140. The van der Waals surface area contributed by atoms with Gasteiger partial charge in [0.25, 0.3) is 0 Å². The minimum atomic E-state index is -0.140. The van der Waals surface area contributed by atoms with Gasteiger partial charge >= 0.3 is 0 Å². The summed E-state index contributed by atoms with van der Waals surface area (Å²) in [6.45, 7) is 4.84. The fourth-order valence-electron chi connectivity index (χ4n) is 8.16. The molecule has 0 nitrogen and oxygen atoms in total. The maximum Gasteiger partial charge on any atom is 0.0434 e. The van der Waals surface area contributed by atoms with Crippen molar-refractivity contribution in [1.82, 2.24) is 0 Å². The predicted octanol–water partition coefficient (Wildman–Crippen LogP) is 12.6. The normalized spacial score (nSPS) is 13.9. The highest BCUT2D eigenvalue weighted by Crippen LogP contribution is 2.55. The molecule has 0 amide bonds. The molecular weight excluding hydrogens is 549 g/mol. The molecule has 9 aromatic rings. The zero-order valence-electron chi connectivity index (χ0n) is 24.6. The lowest BCUT2D eigenvalue weighted by atomic mass is 9.79. The number of benzene rings is 8. The van der Waals surface area contributed by atoms with E-state index in [1.165, 1.54) is 96.6 Å². The van der Waals surface area contributed by atoms with Gasteiger partial charge in [-0.15, -0.1) is 11.3 Å². The van der Waals surface area contributed by atoms with Crippen molar-refractivity contribution >= 4 is 74.6 Å². The van der Waals surface area contributed by atoms with E-state index in [-0.39, 0.29) is 5.41 Å².